The number of fused-ring (bicyclic) bond motifs is 1. The molecule has 0 aliphatic carbocycles. The highest BCUT2D eigenvalue weighted by Crippen LogP contribution is 2.36. The fourth-order valence-electron chi connectivity index (χ4n) is 2.80. The van der Waals surface area contributed by atoms with Crippen LogP contribution in [0.1, 0.15) is 44.2 Å². The van der Waals surface area contributed by atoms with Crippen LogP contribution in [0.5, 0.6) is 5.75 Å². The molecule has 1 aromatic carbocycles. The lowest BCUT2D eigenvalue weighted by molar-refractivity contribution is 0.227. The first kappa shape index (κ1) is 17.9. The van der Waals surface area contributed by atoms with Gasteiger partial charge in [0.05, 0.1) is 17.7 Å². The normalized spacial score (nSPS) is 18.3. The fourth-order valence-corrected chi connectivity index (χ4v) is 3.04. The van der Waals surface area contributed by atoms with Crippen molar-refractivity contribution in [2.24, 2.45) is 5.92 Å². The van der Waals surface area contributed by atoms with Crippen LogP contribution in [0.3, 0.4) is 0 Å². The standard InChI is InChI=1S/C17H25ClN2O3/c1-2-12(8-9-21)11-19-17(22)20-15-7-4-10-23-16-13(15)5-3-6-14(16)18/h3,5-6,12,15,21H,2,4,7-11H2,1H3,(H2,19,20,22). The van der Waals surface area contributed by atoms with Crippen molar-refractivity contribution in [3.63, 3.8) is 0 Å². The first-order valence-electron chi connectivity index (χ1n) is 8.22. The Morgan fingerprint density at radius 3 is 3.09 bits per heavy atom. The molecule has 3 N–H and O–H groups in total. The number of nitrogens with one attached hydrogen (secondary N) is 2. The van der Waals surface area contributed by atoms with Gasteiger partial charge in [-0.25, -0.2) is 4.79 Å². The zero-order chi connectivity index (χ0) is 16.7. The SMILES string of the molecule is CCC(CCO)CNC(=O)NC1CCCOc2c(Cl)cccc21. The number of ether oxygens (including phenoxy) is 1. The minimum atomic E-state index is -0.195. The Balaban J connectivity index is 1.97. The van der Waals surface area contributed by atoms with Gasteiger partial charge >= 0.3 is 6.03 Å². The Kier molecular flexibility index (Phi) is 6.99. The van der Waals surface area contributed by atoms with Crippen LogP contribution in [-0.2, 0) is 0 Å². The van der Waals surface area contributed by atoms with E-state index in [9.17, 15) is 4.79 Å². The Morgan fingerprint density at radius 2 is 2.35 bits per heavy atom. The molecule has 2 atom stereocenters. The maximum Gasteiger partial charge on any atom is 0.315 e. The molecule has 1 aliphatic rings. The topological polar surface area (TPSA) is 70.6 Å². The van der Waals surface area contributed by atoms with Crippen molar-refractivity contribution in [2.75, 3.05) is 19.8 Å². The molecule has 2 amide bonds. The molecule has 0 radical (unpaired) electrons. The molecule has 2 rings (SSSR count). The summed E-state index contributed by atoms with van der Waals surface area (Å²) in [6.45, 7) is 3.37. The quantitative estimate of drug-likeness (QED) is 0.744. The summed E-state index contributed by atoms with van der Waals surface area (Å²) in [7, 11) is 0. The molecular formula is C17H25ClN2O3. The van der Waals surface area contributed by atoms with E-state index < -0.39 is 0 Å². The third-order valence-electron chi connectivity index (χ3n) is 4.23. The summed E-state index contributed by atoms with van der Waals surface area (Å²) in [5, 5.41) is 15.5. The van der Waals surface area contributed by atoms with Crippen LogP contribution in [0.15, 0.2) is 18.2 Å². The summed E-state index contributed by atoms with van der Waals surface area (Å²) in [5.41, 5.74) is 0.924. The van der Waals surface area contributed by atoms with E-state index in [1.165, 1.54) is 0 Å². The van der Waals surface area contributed by atoms with Gasteiger partial charge < -0.3 is 20.5 Å². The highest BCUT2D eigenvalue weighted by molar-refractivity contribution is 6.32. The summed E-state index contributed by atoms with van der Waals surface area (Å²) < 4.78 is 5.71. The van der Waals surface area contributed by atoms with Gasteiger partial charge in [0.1, 0.15) is 5.75 Å². The van der Waals surface area contributed by atoms with Gasteiger partial charge in [-0.2, -0.15) is 0 Å². The summed E-state index contributed by atoms with van der Waals surface area (Å²) >= 11 is 6.20. The largest absolute Gasteiger partial charge is 0.492 e. The van der Waals surface area contributed by atoms with Gasteiger partial charge in [0.2, 0.25) is 0 Å². The summed E-state index contributed by atoms with van der Waals surface area (Å²) in [6.07, 6.45) is 3.30. The van der Waals surface area contributed by atoms with Crippen LogP contribution in [-0.4, -0.2) is 30.9 Å². The van der Waals surface area contributed by atoms with Crippen molar-refractivity contribution < 1.29 is 14.6 Å². The number of carbonyl (C=O) groups is 1. The number of carbonyl (C=O) groups excluding carboxylic acids is 1. The molecule has 1 heterocycles. The second-order valence-corrected chi connectivity index (χ2v) is 6.25. The molecule has 0 aromatic heterocycles. The van der Waals surface area contributed by atoms with Crippen molar-refractivity contribution in [2.45, 2.75) is 38.6 Å². The molecular weight excluding hydrogens is 316 g/mol. The number of rotatable bonds is 6. The van der Waals surface area contributed by atoms with E-state index in [4.69, 9.17) is 21.4 Å². The number of hydrogen-bond acceptors (Lipinski definition) is 3. The number of halogens is 1. The first-order chi connectivity index (χ1) is 11.2. The number of urea groups is 1. The molecule has 23 heavy (non-hydrogen) atoms. The predicted octanol–water partition coefficient (Wildman–Crippen LogP) is 3.26. The van der Waals surface area contributed by atoms with Gasteiger partial charge in [0, 0.05) is 18.7 Å². The van der Waals surface area contributed by atoms with E-state index in [0.717, 1.165) is 24.8 Å². The molecule has 128 valence electrons. The predicted molar refractivity (Wildman–Crippen MR) is 90.9 cm³/mol. The maximum absolute atomic E-state index is 12.2. The first-order valence-corrected chi connectivity index (χ1v) is 8.60. The monoisotopic (exact) mass is 340 g/mol. The van der Waals surface area contributed by atoms with E-state index in [0.29, 0.717) is 36.3 Å². The van der Waals surface area contributed by atoms with Crippen molar-refractivity contribution in [3.05, 3.63) is 28.8 Å². The van der Waals surface area contributed by atoms with E-state index in [-0.39, 0.29) is 18.7 Å². The van der Waals surface area contributed by atoms with Crippen molar-refractivity contribution in [3.8, 4) is 5.75 Å². The number of amides is 2. The Hall–Kier alpha value is -1.46. The maximum atomic E-state index is 12.2. The average molecular weight is 341 g/mol. The highest BCUT2D eigenvalue weighted by atomic mass is 35.5. The Bertz CT molecular complexity index is 525. The average Bonchev–Trinajstić information content (AvgIpc) is 2.75. The summed E-state index contributed by atoms with van der Waals surface area (Å²) in [5.74, 6) is 0.966. The molecule has 0 spiro atoms. The lowest BCUT2D eigenvalue weighted by Gasteiger charge is -2.20. The van der Waals surface area contributed by atoms with Gasteiger partial charge in [-0.3, -0.25) is 0 Å². The highest BCUT2D eigenvalue weighted by Gasteiger charge is 2.23. The van der Waals surface area contributed by atoms with Crippen molar-refractivity contribution in [1.29, 1.82) is 0 Å². The second kappa shape index (κ2) is 8.99. The van der Waals surface area contributed by atoms with Gasteiger partial charge in [-0.1, -0.05) is 37.1 Å². The zero-order valence-corrected chi connectivity index (χ0v) is 14.2. The molecule has 1 aliphatic heterocycles. The van der Waals surface area contributed by atoms with Crippen molar-refractivity contribution in [1.82, 2.24) is 10.6 Å². The molecule has 2 unspecified atom stereocenters. The Labute approximate surface area is 142 Å². The van der Waals surface area contributed by atoms with Gasteiger partial charge in [0.15, 0.2) is 0 Å². The second-order valence-electron chi connectivity index (χ2n) is 5.84. The molecule has 0 bridgehead atoms. The number of hydrogen-bond donors (Lipinski definition) is 3. The van der Waals surface area contributed by atoms with E-state index in [1.807, 2.05) is 12.1 Å². The zero-order valence-electron chi connectivity index (χ0n) is 13.5. The van der Waals surface area contributed by atoms with Gasteiger partial charge in [0.25, 0.3) is 0 Å². The third-order valence-corrected chi connectivity index (χ3v) is 4.53. The van der Waals surface area contributed by atoms with Crippen LogP contribution < -0.4 is 15.4 Å². The van der Waals surface area contributed by atoms with Gasteiger partial charge in [-0.05, 0) is 31.2 Å². The molecule has 0 saturated carbocycles. The number of aliphatic hydroxyl groups excluding tert-OH is 1. The summed E-state index contributed by atoms with van der Waals surface area (Å²) in [6, 6.07) is 5.31. The smallest absolute Gasteiger partial charge is 0.315 e. The number of aliphatic hydroxyl groups is 1. The fraction of sp³-hybridized carbons (Fsp3) is 0.588. The number of para-hydroxylation sites is 1. The lowest BCUT2D eigenvalue weighted by Crippen LogP contribution is -2.40. The van der Waals surface area contributed by atoms with Crippen LogP contribution in [0.2, 0.25) is 5.02 Å². The number of benzene rings is 1. The van der Waals surface area contributed by atoms with Crippen LogP contribution in [0, 0.1) is 5.92 Å². The Morgan fingerprint density at radius 1 is 1.52 bits per heavy atom. The molecule has 1 aromatic rings. The lowest BCUT2D eigenvalue weighted by atomic mass is 10.0. The van der Waals surface area contributed by atoms with E-state index in [1.54, 1.807) is 6.07 Å². The minimum absolute atomic E-state index is 0.107. The molecule has 0 saturated heterocycles. The molecule has 6 heteroatoms. The third kappa shape index (κ3) is 5.01. The summed E-state index contributed by atoms with van der Waals surface area (Å²) in [4.78, 5) is 12.2. The molecule has 5 nitrogen and oxygen atoms in total. The van der Waals surface area contributed by atoms with E-state index in [2.05, 4.69) is 17.6 Å². The minimum Gasteiger partial charge on any atom is -0.492 e. The van der Waals surface area contributed by atoms with Crippen molar-refractivity contribution >= 4 is 17.6 Å². The van der Waals surface area contributed by atoms with Crippen LogP contribution in [0.4, 0.5) is 4.79 Å². The van der Waals surface area contributed by atoms with Crippen LogP contribution >= 0.6 is 11.6 Å². The van der Waals surface area contributed by atoms with Crippen LogP contribution in [0.25, 0.3) is 0 Å². The van der Waals surface area contributed by atoms with E-state index >= 15 is 0 Å². The van der Waals surface area contributed by atoms with Gasteiger partial charge in [-0.15, -0.1) is 0 Å². The molecule has 0 fully saturated rings.